The summed E-state index contributed by atoms with van der Waals surface area (Å²) in [6, 6.07) is 6.53. The van der Waals surface area contributed by atoms with Crippen molar-refractivity contribution in [2.45, 2.75) is 52.9 Å². The summed E-state index contributed by atoms with van der Waals surface area (Å²) >= 11 is 5.90. The van der Waals surface area contributed by atoms with Crippen molar-refractivity contribution in [2.75, 3.05) is 5.32 Å². The molecular weight excluding hydrogens is 434 g/mol. The fraction of sp³-hybridized carbons (Fsp3) is 0.417. The molecule has 4 rings (SSSR count). The SMILES string of the molecule is CC(C)(C)C1CCCCC1.NC(=O)c1cc2nc(Nc3c(F)cccc3Cl)[nH]c2cc1F. The first-order chi connectivity index (χ1) is 15.1. The minimum absolute atomic E-state index is 0.0406. The van der Waals surface area contributed by atoms with Crippen LogP contribution >= 0.6 is 11.6 Å². The third-order valence-corrected chi connectivity index (χ3v) is 6.19. The Morgan fingerprint density at radius 2 is 1.84 bits per heavy atom. The minimum atomic E-state index is -0.894. The number of H-pyrrole nitrogens is 1. The summed E-state index contributed by atoms with van der Waals surface area (Å²) in [6.45, 7) is 7.13. The molecule has 172 valence electrons. The van der Waals surface area contributed by atoms with Gasteiger partial charge in [-0.15, -0.1) is 0 Å². The van der Waals surface area contributed by atoms with Gasteiger partial charge in [-0.2, -0.15) is 0 Å². The van der Waals surface area contributed by atoms with E-state index in [0.717, 1.165) is 12.0 Å². The molecule has 32 heavy (non-hydrogen) atoms. The number of halogens is 3. The van der Waals surface area contributed by atoms with Crippen LogP contribution in [0.2, 0.25) is 5.02 Å². The number of carbonyl (C=O) groups excluding carboxylic acids is 1. The first kappa shape index (κ1) is 24.0. The van der Waals surface area contributed by atoms with E-state index in [4.69, 9.17) is 17.3 Å². The Morgan fingerprint density at radius 1 is 1.16 bits per heavy atom. The van der Waals surface area contributed by atoms with Gasteiger partial charge in [-0.25, -0.2) is 13.8 Å². The van der Waals surface area contributed by atoms with Gasteiger partial charge in [0.15, 0.2) is 0 Å². The number of aromatic nitrogens is 2. The third-order valence-electron chi connectivity index (χ3n) is 5.87. The highest BCUT2D eigenvalue weighted by Crippen LogP contribution is 2.37. The van der Waals surface area contributed by atoms with Crippen molar-refractivity contribution in [3.63, 3.8) is 0 Å². The van der Waals surface area contributed by atoms with Crippen molar-refractivity contribution in [3.05, 3.63) is 52.6 Å². The van der Waals surface area contributed by atoms with Crippen molar-refractivity contribution in [1.82, 2.24) is 9.97 Å². The van der Waals surface area contributed by atoms with Gasteiger partial charge in [-0.3, -0.25) is 4.79 Å². The lowest BCUT2D eigenvalue weighted by molar-refractivity contribution is 0.0996. The number of imidazole rings is 1. The number of para-hydroxylation sites is 1. The van der Waals surface area contributed by atoms with Crippen LogP contribution in [0.4, 0.5) is 20.4 Å². The van der Waals surface area contributed by atoms with E-state index in [0.29, 0.717) is 16.4 Å². The average molecular weight is 463 g/mol. The summed E-state index contributed by atoms with van der Waals surface area (Å²) in [5.41, 5.74) is 6.06. The van der Waals surface area contributed by atoms with Crippen LogP contribution in [0.3, 0.4) is 0 Å². The third kappa shape index (κ3) is 5.76. The van der Waals surface area contributed by atoms with Crippen LogP contribution < -0.4 is 11.1 Å². The molecule has 5 nitrogen and oxygen atoms in total. The van der Waals surface area contributed by atoms with Crippen molar-refractivity contribution in [2.24, 2.45) is 17.1 Å². The highest BCUT2D eigenvalue weighted by atomic mass is 35.5. The number of fused-ring (bicyclic) bond motifs is 1. The number of aromatic amines is 1. The van der Waals surface area contributed by atoms with E-state index in [9.17, 15) is 13.6 Å². The van der Waals surface area contributed by atoms with Gasteiger partial charge in [0.1, 0.15) is 11.6 Å². The van der Waals surface area contributed by atoms with Crippen LogP contribution in [0.5, 0.6) is 0 Å². The Kier molecular flexibility index (Phi) is 7.39. The first-order valence-electron chi connectivity index (χ1n) is 10.8. The standard InChI is InChI=1S/C14H9ClF2N4O.C10H20/c15-7-2-1-3-8(16)12(7)21-14-19-10-4-6(13(18)22)9(17)5-11(10)20-14;1-10(2,3)9-7-5-4-6-8-9/h1-5H,(H2,18,22)(H2,19,20,21);9H,4-8H2,1-3H3. The Morgan fingerprint density at radius 3 is 2.41 bits per heavy atom. The highest BCUT2D eigenvalue weighted by molar-refractivity contribution is 6.33. The maximum atomic E-state index is 13.7. The van der Waals surface area contributed by atoms with Crippen LogP contribution in [0.1, 0.15) is 63.2 Å². The maximum absolute atomic E-state index is 13.7. The van der Waals surface area contributed by atoms with Crippen molar-refractivity contribution < 1.29 is 13.6 Å². The number of nitrogens with zero attached hydrogens (tertiary/aromatic N) is 1. The fourth-order valence-corrected chi connectivity index (χ4v) is 4.19. The number of hydrogen-bond donors (Lipinski definition) is 3. The molecule has 1 amide bonds. The summed E-state index contributed by atoms with van der Waals surface area (Å²) in [4.78, 5) is 18.0. The average Bonchev–Trinajstić information content (AvgIpc) is 3.12. The number of carbonyl (C=O) groups is 1. The minimum Gasteiger partial charge on any atom is -0.366 e. The molecule has 1 aliphatic rings. The van der Waals surface area contributed by atoms with Crippen LogP contribution in [0.25, 0.3) is 11.0 Å². The van der Waals surface area contributed by atoms with Crippen LogP contribution in [0.15, 0.2) is 30.3 Å². The van der Waals surface area contributed by atoms with E-state index >= 15 is 0 Å². The summed E-state index contributed by atoms with van der Waals surface area (Å²) in [5, 5.41) is 2.86. The van der Waals surface area contributed by atoms with Crippen molar-refractivity contribution in [1.29, 1.82) is 0 Å². The van der Waals surface area contributed by atoms with E-state index < -0.39 is 17.5 Å². The van der Waals surface area contributed by atoms with Crippen LogP contribution in [0, 0.1) is 23.0 Å². The van der Waals surface area contributed by atoms with Gasteiger partial charge >= 0.3 is 0 Å². The topological polar surface area (TPSA) is 83.8 Å². The molecule has 0 spiro atoms. The molecule has 1 aliphatic carbocycles. The summed E-state index contributed by atoms with van der Waals surface area (Å²) in [6.07, 6.45) is 7.38. The second kappa shape index (κ2) is 9.86. The normalized spacial score (nSPS) is 14.7. The second-order valence-electron chi connectivity index (χ2n) is 9.22. The molecule has 3 aromatic rings. The number of anilines is 2. The molecule has 0 unspecified atom stereocenters. The number of amides is 1. The Bertz CT molecular complexity index is 1080. The van der Waals surface area contributed by atoms with E-state index in [2.05, 4.69) is 36.1 Å². The van der Waals surface area contributed by atoms with E-state index in [1.165, 1.54) is 56.4 Å². The molecule has 0 bridgehead atoms. The van der Waals surface area contributed by atoms with Gasteiger partial charge in [0.05, 0.1) is 27.3 Å². The number of primary amides is 1. The Labute approximate surface area is 191 Å². The Balaban J connectivity index is 0.000000243. The van der Waals surface area contributed by atoms with Gasteiger partial charge in [-0.05, 0) is 42.4 Å². The maximum Gasteiger partial charge on any atom is 0.251 e. The largest absolute Gasteiger partial charge is 0.366 e. The van der Waals surface area contributed by atoms with Gasteiger partial charge in [-0.1, -0.05) is 57.7 Å². The van der Waals surface area contributed by atoms with E-state index in [-0.39, 0.29) is 22.2 Å². The number of benzene rings is 2. The molecule has 1 fully saturated rings. The molecule has 8 heteroatoms. The molecule has 4 N–H and O–H groups in total. The van der Waals surface area contributed by atoms with Crippen LogP contribution in [-0.2, 0) is 0 Å². The van der Waals surface area contributed by atoms with Gasteiger partial charge in [0, 0.05) is 6.07 Å². The summed E-state index contributed by atoms with van der Waals surface area (Å²) < 4.78 is 27.4. The zero-order valence-electron chi connectivity index (χ0n) is 18.6. The van der Waals surface area contributed by atoms with Gasteiger partial charge < -0.3 is 16.0 Å². The lowest BCUT2D eigenvalue weighted by atomic mass is 9.72. The predicted octanol–water partition coefficient (Wildman–Crippen LogP) is 6.95. The molecule has 1 heterocycles. The lowest BCUT2D eigenvalue weighted by Crippen LogP contribution is -2.22. The summed E-state index contributed by atoms with van der Waals surface area (Å²) in [5.74, 6) is -1.06. The van der Waals surface area contributed by atoms with E-state index in [1.54, 1.807) is 0 Å². The molecule has 1 saturated carbocycles. The lowest BCUT2D eigenvalue weighted by Gasteiger charge is -2.33. The van der Waals surface area contributed by atoms with Crippen LogP contribution in [-0.4, -0.2) is 15.9 Å². The zero-order valence-corrected chi connectivity index (χ0v) is 19.3. The fourth-order valence-electron chi connectivity index (χ4n) is 3.98. The highest BCUT2D eigenvalue weighted by Gasteiger charge is 2.25. The molecule has 0 aliphatic heterocycles. The van der Waals surface area contributed by atoms with Crippen molar-refractivity contribution >= 4 is 40.2 Å². The number of rotatable bonds is 3. The van der Waals surface area contributed by atoms with Crippen molar-refractivity contribution in [3.8, 4) is 0 Å². The number of nitrogens with one attached hydrogen (secondary N) is 2. The van der Waals surface area contributed by atoms with Gasteiger partial charge in [0.2, 0.25) is 5.95 Å². The molecule has 1 aromatic heterocycles. The molecule has 0 atom stereocenters. The van der Waals surface area contributed by atoms with Gasteiger partial charge in [0.25, 0.3) is 5.91 Å². The Hall–Kier alpha value is -2.67. The quantitative estimate of drug-likeness (QED) is 0.393. The molecule has 0 radical (unpaired) electrons. The first-order valence-corrected chi connectivity index (χ1v) is 11.1. The second-order valence-corrected chi connectivity index (χ2v) is 9.63. The molecule has 2 aromatic carbocycles. The summed E-state index contributed by atoms with van der Waals surface area (Å²) in [7, 11) is 0. The molecular formula is C24H29ClF2N4O. The zero-order chi connectivity index (χ0) is 23.5. The number of hydrogen-bond acceptors (Lipinski definition) is 3. The monoisotopic (exact) mass is 462 g/mol. The van der Waals surface area contributed by atoms with E-state index in [1.807, 2.05) is 0 Å². The predicted molar refractivity (Wildman–Crippen MR) is 125 cm³/mol. The molecule has 0 saturated heterocycles. The number of nitrogens with two attached hydrogens (primary N) is 1. The smallest absolute Gasteiger partial charge is 0.251 e.